The summed E-state index contributed by atoms with van der Waals surface area (Å²) in [6.45, 7) is 2.85. The zero-order chi connectivity index (χ0) is 18.5. The van der Waals surface area contributed by atoms with Crippen LogP contribution in [0.15, 0.2) is 18.2 Å². The molecular formula is C20H28N2O4. The quantitative estimate of drug-likeness (QED) is 0.780. The molecule has 0 saturated carbocycles. The Morgan fingerprint density at radius 1 is 1.12 bits per heavy atom. The lowest BCUT2D eigenvalue weighted by atomic mass is 10.0. The smallest absolute Gasteiger partial charge is 0.227 e. The zero-order valence-corrected chi connectivity index (χ0v) is 15.7. The number of carbonyl (C=O) groups excluding carboxylic acids is 2. The Kier molecular flexibility index (Phi) is 6.01. The molecule has 2 fully saturated rings. The molecule has 6 heteroatoms. The SMILES string of the molecule is COc1ccc(CCN2C[C@H](C(=O)N3CCCCC3)CC2=O)cc1OC. The van der Waals surface area contributed by atoms with Crippen molar-refractivity contribution in [3.63, 3.8) is 0 Å². The van der Waals surface area contributed by atoms with Crippen molar-refractivity contribution in [2.24, 2.45) is 5.92 Å². The van der Waals surface area contributed by atoms with E-state index < -0.39 is 0 Å². The summed E-state index contributed by atoms with van der Waals surface area (Å²) < 4.78 is 10.6. The van der Waals surface area contributed by atoms with Gasteiger partial charge in [0.2, 0.25) is 11.8 Å². The second-order valence-electron chi connectivity index (χ2n) is 7.07. The maximum absolute atomic E-state index is 12.6. The van der Waals surface area contributed by atoms with E-state index in [1.807, 2.05) is 28.0 Å². The summed E-state index contributed by atoms with van der Waals surface area (Å²) in [4.78, 5) is 28.7. The highest BCUT2D eigenvalue weighted by Gasteiger charge is 2.36. The first kappa shape index (κ1) is 18.5. The average Bonchev–Trinajstić information content (AvgIpc) is 3.06. The van der Waals surface area contributed by atoms with Crippen LogP contribution in [0.25, 0.3) is 0 Å². The summed E-state index contributed by atoms with van der Waals surface area (Å²) in [7, 11) is 3.22. The number of rotatable bonds is 6. The van der Waals surface area contributed by atoms with Crippen LogP contribution in [0.5, 0.6) is 11.5 Å². The number of ether oxygens (including phenoxy) is 2. The fourth-order valence-corrected chi connectivity index (χ4v) is 3.83. The molecule has 0 unspecified atom stereocenters. The van der Waals surface area contributed by atoms with Crippen molar-refractivity contribution in [3.8, 4) is 11.5 Å². The van der Waals surface area contributed by atoms with Crippen LogP contribution in [0, 0.1) is 5.92 Å². The Hall–Kier alpha value is -2.24. The van der Waals surface area contributed by atoms with Crippen molar-refractivity contribution >= 4 is 11.8 Å². The van der Waals surface area contributed by atoms with Gasteiger partial charge < -0.3 is 19.3 Å². The summed E-state index contributed by atoms with van der Waals surface area (Å²) >= 11 is 0. The van der Waals surface area contributed by atoms with E-state index >= 15 is 0 Å². The number of carbonyl (C=O) groups is 2. The molecule has 6 nitrogen and oxygen atoms in total. The van der Waals surface area contributed by atoms with Gasteiger partial charge in [-0.25, -0.2) is 0 Å². The number of nitrogens with zero attached hydrogens (tertiary/aromatic N) is 2. The molecule has 142 valence electrons. The molecule has 0 spiro atoms. The predicted octanol–water partition coefficient (Wildman–Crippen LogP) is 2.11. The van der Waals surface area contributed by atoms with Crippen LogP contribution < -0.4 is 9.47 Å². The molecule has 0 bridgehead atoms. The van der Waals surface area contributed by atoms with Gasteiger partial charge in [-0.2, -0.15) is 0 Å². The first-order valence-corrected chi connectivity index (χ1v) is 9.40. The van der Waals surface area contributed by atoms with E-state index in [1.54, 1.807) is 14.2 Å². The molecule has 1 atom stereocenters. The van der Waals surface area contributed by atoms with Crippen LogP contribution >= 0.6 is 0 Å². The van der Waals surface area contributed by atoms with E-state index in [4.69, 9.17) is 9.47 Å². The van der Waals surface area contributed by atoms with Gasteiger partial charge in [0.25, 0.3) is 0 Å². The third-order valence-electron chi connectivity index (χ3n) is 5.35. The van der Waals surface area contributed by atoms with Gasteiger partial charge in [0, 0.05) is 32.6 Å². The van der Waals surface area contributed by atoms with Crippen LogP contribution in [0.3, 0.4) is 0 Å². The molecular weight excluding hydrogens is 332 g/mol. The van der Waals surface area contributed by atoms with Crippen molar-refractivity contribution in [2.45, 2.75) is 32.1 Å². The zero-order valence-electron chi connectivity index (χ0n) is 15.7. The van der Waals surface area contributed by atoms with Gasteiger partial charge in [-0.3, -0.25) is 9.59 Å². The number of likely N-dealkylation sites (tertiary alicyclic amines) is 2. The van der Waals surface area contributed by atoms with Gasteiger partial charge in [-0.15, -0.1) is 0 Å². The van der Waals surface area contributed by atoms with Crippen molar-refractivity contribution in [1.82, 2.24) is 9.80 Å². The Bertz CT molecular complexity index is 655. The Morgan fingerprint density at radius 3 is 2.54 bits per heavy atom. The molecule has 2 saturated heterocycles. The Morgan fingerprint density at radius 2 is 1.85 bits per heavy atom. The van der Waals surface area contributed by atoms with E-state index in [1.165, 1.54) is 6.42 Å². The predicted molar refractivity (Wildman–Crippen MR) is 98.4 cm³/mol. The van der Waals surface area contributed by atoms with Crippen LogP contribution in [0.1, 0.15) is 31.2 Å². The van der Waals surface area contributed by atoms with Gasteiger partial charge >= 0.3 is 0 Å². The van der Waals surface area contributed by atoms with Crippen LogP contribution in [-0.4, -0.2) is 62.0 Å². The molecule has 1 aromatic carbocycles. The van der Waals surface area contributed by atoms with Crippen LogP contribution in [0.2, 0.25) is 0 Å². The number of methoxy groups -OCH3 is 2. The third kappa shape index (κ3) is 4.11. The molecule has 0 aromatic heterocycles. The highest BCUT2D eigenvalue weighted by molar-refractivity contribution is 5.89. The molecule has 0 aliphatic carbocycles. The molecule has 2 aliphatic rings. The summed E-state index contributed by atoms with van der Waals surface area (Å²) in [5.41, 5.74) is 1.08. The van der Waals surface area contributed by atoms with Crippen molar-refractivity contribution in [2.75, 3.05) is 40.4 Å². The van der Waals surface area contributed by atoms with Crippen molar-refractivity contribution in [1.29, 1.82) is 0 Å². The lowest BCUT2D eigenvalue weighted by Gasteiger charge is -2.29. The topological polar surface area (TPSA) is 59.1 Å². The van der Waals surface area contributed by atoms with Crippen molar-refractivity contribution in [3.05, 3.63) is 23.8 Å². The third-order valence-corrected chi connectivity index (χ3v) is 5.35. The highest BCUT2D eigenvalue weighted by atomic mass is 16.5. The van der Waals surface area contributed by atoms with E-state index in [0.717, 1.165) is 37.9 Å². The summed E-state index contributed by atoms with van der Waals surface area (Å²) in [6.07, 6.45) is 4.44. The summed E-state index contributed by atoms with van der Waals surface area (Å²) in [6, 6.07) is 5.80. The normalized spacial score (nSPS) is 20.4. The lowest BCUT2D eigenvalue weighted by Crippen LogP contribution is -2.40. The molecule has 2 amide bonds. The van der Waals surface area contributed by atoms with Crippen LogP contribution in [0.4, 0.5) is 0 Å². The first-order chi connectivity index (χ1) is 12.6. The van der Waals surface area contributed by atoms with E-state index in [2.05, 4.69) is 0 Å². The Balaban J connectivity index is 1.55. The lowest BCUT2D eigenvalue weighted by molar-refractivity contribution is -0.136. The Labute approximate surface area is 155 Å². The fourth-order valence-electron chi connectivity index (χ4n) is 3.83. The molecule has 3 rings (SSSR count). The summed E-state index contributed by atoms with van der Waals surface area (Å²) in [5.74, 6) is 1.45. The maximum Gasteiger partial charge on any atom is 0.227 e. The van der Waals surface area contributed by atoms with Crippen LogP contribution in [-0.2, 0) is 16.0 Å². The minimum absolute atomic E-state index is 0.0841. The maximum atomic E-state index is 12.6. The first-order valence-electron chi connectivity index (χ1n) is 9.40. The number of benzene rings is 1. The highest BCUT2D eigenvalue weighted by Crippen LogP contribution is 2.28. The molecule has 0 radical (unpaired) electrons. The summed E-state index contributed by atoms with van der Waals surface area (Å²) in [5, 5.41) is 0. The van der Waals surface area contributed by atoms with Gasteiger partial charge in [-0.05, 0) is 43.4 Å². The van der Waals surface area contributed by atoms with Crippen molar-refractivity contribution < 1.29 is 19.1 Å². The molecule has 2 aliphatic heterocycles. The number of hydrogen-bond acceptors (Lipinski definition) is 4. The fraction of sp³-hybridized carbons (Fsp3) is 0.600. The number of piperidine rings is 1. The molecule has 26 heavy (non-hydrogen) atoms. The second kappa shape index (κ2) is 8.43. The number of hydrogen-bond donors (Lipinski definition) is 0. The van der Waals surface area contributed by atoms with Gasteiger partial charge in [0.1, 0.15) is 0 Å². The molecule has 0 N–H and O–H groups in total. The standard InChI is InChI=1S/C20H28N2O4/c1-25-17-7-6-15(12-18(17)26-2)8-11-22-14-16(13-19(22)23)20(24)21-9-4-3-5-10-21/h6-7,12,16H,3-5,8-11,13-14H2,1-2H3/t16-/m1/s1. The van der Waals surface area contributed by atoms with E-state index in [-0.39, 0.29) is 17.7 Å². The molecule has 2 heterocycles. The number of amides is 2. The van der Waals surface area contributed by atoms with Gasteiger partial charge in [0.05, 0.1) is 20.1 Å². The minimum Gasteiger partial charge on any atom is -0.493 e. The second-order valence-corrected chi connectivity index (χ2v) is 7.07. The van der Waals surface area contributed by atoms with Gasteiger partial charge in [-0.1, -0.05) is 6.07 Å². The minimum atomic E-state index is -0.175. The largest absolute Gasteiger partial charge is 0.493 e. The molecule has 1 aromatic rings. The van der Waals surface area contributed by atoms with E-state index in [0.29, 0.717) is 31.0 Å². The average molecular weight is 360 g/mol. The van der Waals surface area contributed by atoms with Gasteiger partial charge in [0.15, 0.2) is 11.5 Å². The monoisotopic (exact) mass is 360 g/mol. The van der Waals surface area contributed by atoms with E-state index in [9.17, 15) is 9.59 Å².